The van der Waals surface area contributed by atoms with E-state index in [1.54, 1.807) is 24.4 Å². The lowest BCUT2D eigenvalue weighted by Crippen LogP contribution is -2.06. The Balaban J connectivity index is 1.69. The van der Waals surface area contributed by atoms with Crippen molar-refractivity contribution in [2.24, 2.45) is 5.92 Å². The van der Waals surface area contributed by atoms with Crippen LogP contribution >= 0.6 is 11.6 Å². The number of ether oxygens (including phenoxy) is 1. The second-order valence-electron chi connectivity index (χ2n) is 6.40. The molecular weight excluding hydrogens is 336 g/mol. The molecule has 0 spiro atoms. The highest BCUT2D eigenvalue weighted by Gasteiger charge is 2.07. The number of Topliss-reactive ketones (excluding diaryl/α,β-unsaturated/α-hetero) is 1. The van der Waals surface area contributed by atoms with Crippen LogP contribution in [0.4, 0.5) is 0 Å². The molecule has 2 aromatic carbocycles. The summed E-state index contributed by atoms with van der Waals surface area (Å²) >= 11 is 5.94. The summed E-state index contributed by atoms with van der Waals surface area (Å²) in [6.07, 6.45) is 2.63. The number of nitrogens with zero attached hydrogens (tertiary/aromatic N) is 2. The molecule has 0 aliphatic rings. The highest BCUT2D eigenvalue weighted by molar-refractivity contribution is 6.31. The monoisotopic (exact) mass is 354 g/mol. The largest absolute Gasteiger partial charge is 0.437 e. The molecule has 5 heteroatoms. The zero-order valence-corrected chi connectivity index (χ0v) is 15.0. The Hall–Kier alpha value is -2.46. The summed E-state index contributed by atoms with van der Waals surface area (Å²) in [6, 6.07) is 12.8. The van der Waals surface area contributed by atoms with E-state index in [0.29, 0.717) is 35.4 Å². The summed E-state index contributed by atoms with van der Waals surface area (Å²) in [5, 5.41) is 0.623. The van der Waals surface area contributed by atoms with Gasteiger partial charge in [0.25, 0.3) is 0 Å². The van der Waals surface area contributed by atoms with Crippen LogP contribution < -0.4 is 4.74 Å². The van der Waals surface area contributed by atoms with Crippen molar-refractivity contribution in [3.05, 3.63) is 59.2 Å². The van der Waals surface area contributed by atoms with Gasteiger partial charge in [0, 0.05) is 17.9 Å². The predicted molar refractivity (Wildman–Crippen MR) is 99.2 cm³/mol. The minimum Gasteiger partial charge on any atom is -0.437 e. The lowest BCUT2D eigenvalue weighted by Gasteiger charge is -2.07. The van der Waals surface area contributed by atoms with Crippen molar-refractivity contribution in [2.45, 2.75) is 26.7 Å². The highest BCUT2D eigenvalue weighted by Crippen LogP contribution is 2.23. The van der Waals surface area contributed by atoms with Crippen LogP contribution in [0.5, 0.6) is 11.6 Å². The van der Waals surface area contributed by atoms with Gasteiger partial charge in [-0.1, -0.05) is 37.6 Å². The van der Waals surface area contributed by atoms with Crippen LogP contribution in [0, 0.1) is 5.92 Å². The van der Waals surface area contributed by atoms with Crippen LogP contribution in [0.2, 0.25) is 5.02 Å². The maximum Gasteiger partial charge on any atom is 0.238 e. The number of hydrogen-bond acceptors (Lipinski definition) is 4. The number of halogens is 1. The van der Waals surface area contributed by atoms with Gasteiger partial charge in [-0.2, -0.15) is 0 Å². The van der Waals surface area contributed by atoms with E-state index in [1.807, 2.05) is 38.1 Å². The van der Waals surface area contributed by atoms with Crippen LogP contribution in [0.15, 0.2) is 48.7 Å². The summed E-state index contributed by atoms with van der Waals surface area (Å²) < 4.78 is 5.75. The van der Waals surface area contributed by atoms with Gasteiger partial charge < -0.3 is 4.74 Å². The molecule has 1 aromatic heterocycles. The van der Waals surface area contributed by atoms with E-state index in [-0.39, 0.29) is 5.78 Å². The van der Waals surface area contributed by atoms with Gasteiger partial charge in [-0.25, -0.2) is 9.97 Å². The third kappa shape index (κ3) is 4.77. The van der Waals surface area contributed by atoms with Gasteiger partial charge in [-0.05, 0) is 41.8 Å². The smallest absolute Gasteiger partial charge is 0.238 e. The van der Waals surface area contributed by atoms with E-state index in [9.17, 15) is 4.79 Å². The maximum atomic E-state index is 11.9. The molecule has 3 aromatic rings. The fourth-order valence-corrected chi connectivity index (χ4v) is 2.73. The molecule has 0 fully saturated rings. The Morgan fingerprint density at radius 2 is 1.88 bits per heavy atom. The zero-order valence-electron chi connectivity index (χ0n) is 14.2. The van der Waals surface area contributed by atoms with Crippen molar-refractivity contribution in [1.29, 1.82) is 0 Å². The molecule has 0 bridgehead atoms. The lowest BCUT2D eigenvalue weighted by atomic mass is 10.0. The minimum absolute atomic E-state index is 0.253. The number of fused-ring (bicyclic) bond motifs is 1. The SMILES string of the molecule is CC(C)CC(=O)Cc1ccc(Oc2cnc3cc(Cl)ccc3n2)cc1. The van der Waals surface area contributed by atoms with Gasteiger partial charge in [0.2, 0.25) is 5.88 Å². The quantitative estimate of drug-likeness (QED) is 0.608. The zero-order chi connectivity index (χ0) is 17.8. The average Bonchev–Trinajstić information content (AvgIpc) is 2.56. The summed E-state index contributed by atoms with van der Waals surface area (Å²) in [4.78, 5) is 20.6. The molecule has 0 saturated heterocycles. The van der Waals surface area contributed by atoms with E-state index >= 15 is 0 Å². The molecule has 0 atom stereocenters. The fraction of sp³-hybridized carbons (Fsp3) is 0.250. The minimum atomic E-state index is 0.253. The lowest BCUT2D eigenvalue weighted by molar-refractivity contribution is -0.119. The molecule has 0 amide bonds. The Morgan fingerprint density at radius 1 is 1.12 bits per heavy atom. The van der Waals surface area contributed by atoms with Gasteiger partial charge in [-0.3, -0.25) is 4.79 Å². The summed E-state index contributed by atoms with van der Waals surface area (Å²) in [5.41, 5.74) is 2.42. The van der Waals surface area contributed by atoms with Gasteiger partial charge >= 0.3 is 0 Å². The molecule has 0 aliphatic carbocycles. The molecule has 1 heterocycles. The van der Waals surface area contributed by atoms with Crippen molar-refractivity contribution in [1.82, 2.24) is 9.97 Å². The molecule has 0 N–H and O–H groups in total. The van der Waals surface area contributed by atoms with Crippen molar-refractivity contribution in [3.63, 3.8) is 0 Å². The summed E-state index contributed by atoms with van der Waals surface area (Å²) in [5.74, 6) is 1.71. The molecule has 25 heavy (non-hydrogen) atoms. The predicted octanol–water partition coefficient (Wildman–Crippen LogP) is 5.23. The molecule has 4 nitrogen and oxygen atoms in total. The molecule has 0 radical (unpaired) electrons. The first-order valence-electron chi connectivity index (χ1n) is 8.20. The van der Waals surface area contributed by atoms with Crippen molar-refractivity contribution in [2.75, 3.05) is 0 Å². The summed E-state index contributed by atoms with van der Waals surface area (Å²) in [6.45, 7) is 4.10. The Kier molecular flexibility index (Phi) is 5.29. The van der Waals surface area contributed by atoms with Crippen LogP contribution in [0.1, 0.15) is 25.8 Å². The number of carbonyl (C=O) groups is 1. The number of carbonyl (C=O) groups excluding carboxylic acids is 1. The van der Waals surface area contributed by atoms with Gasteiger partial charge in [0.15, 0.2) is 0 Å². The molecular formula is C20H19ClN2O2. The first kappa shape index (κ1) is 17.4. The van der Waals surface area contributed by atoms with E-state index in [4.69, 9.17) is 16.3 Å². The second-order valence-corrected chi connectivity index (χ2v) is 6.84. The topological polar surface area (TPSA) is 52.1 Å². The number of ketones is 1. The van der Waals surface area contributed by atoms with E-state index in [0.717, 1.165) is 16.6 Å². The average molecular weight is 355 g/mol. The maximum absolute atomic E-state index is 11.9. The Labute approximate surface area is 151 Å². The van der Waals surface area contributed by atoms with Crippen LogP contribution in [0.3, 0.4) is 0 Å². The van der Waals surface area contributed by atoms with Crippen molar-refractivity contribution < 1.29 is 9.53 Å². The molecule has 0 saturated carbocycles. The Morgan fingerprint density at radius 3 is 2.60 bits per heavy atom. The number of rotatable bonds is 6. The number of benzene rings is 2. The highest BCUT2D eigenvalue weighted by atomic mass is 35.5. The van der Waals surface area contributed by atoms with Gasteiger partial charge in [-0.15, -0.1) is 0 Å². The van der Waals surface area contributed by atoms with E-state index < -0.39 is 0 Å². The first-order valence-corrected chi connectivity index (χ1v) is 8.58. The van der Waals surface area contributed by atoms with Gasteiger partial charge in [0.1, 0.15) is 11.5 Å². The fourth-order valence-electron chi connectivity index (χ4n) is 2.57. The van der Waals surface area contributed by atoms with E-state index in [1.165, 1.54) is 0 Å². The Bertz CT molecular complexity index is 892. The van der Waals surface area contributed by atoms with E-state index in [2.05, 4.69) is 9.97 Å². The molecule has 0 aliphatic heterocycles. The van der Waals surface area contributed by atoms with Crippen LogP contribution in [0.25, 0.3) is 11.0 Å². The van der Waals surface area contributed by atoms with Gasteiger partial charge in [0.05, 0.1) is 17.2 Å². The second kappa shape index (κ2) is 7.62. The molecule has 3 rings (SSSR count). The molecule has 0 unspecified atom stereocenters. The normalized spacial score (nSPS) is 11.0. The van der Waals surface area contributed by atoms with Crippen molar-refractivity contribution in [3.8, 4) is 11.6 Å². The number of hydrogen-bond donors (Lipinski definition) is 0. The van der Waals surface area contributed by atoms with Crippen LogP contribution in [-0.2, 0) is 11.2 Å². The third-order valence-corrected chi connectivity index (χ3v) is 3.90. The summed E-state index contributed by atoms with van der Waals surface area (Å²) in [7, 11) is 0. The first-order chi connectivity index (χ1) is 12.0. The third-order valence-electron chi connectivity index (χ3n) is 3.67. The van der Waals surface area contributed by atoms with Crippen molar-refractivity contribution >= 4 is 28.4 Å². The standard InChI is InChI=1S/C20H19ClN2O2/c1-13(2)9-16(24)10-14-3-6-17(7-4-14)25-20-12-22-19-11-15(21)5-8-18(19)23-20/h3-8,11-13H,9-10H2,1-2H3. The molecule has 128 valence electrons. The van der Waals surface area contributed by atoms with Crippen LogP contribution in [-0.4, -0.2) is 15.8 Å². The number of aromatic nitrogens is 2.